The summed E-state index contributed by atoms with van der Waals surface area (Å²) in [4.78, 5) is 24.7. The van der Waals surface area contributed by atoms with Crippen LogP contribution in [0.2, 0.25) is 0 Å². The number of nitrogens with one attached hydrogen (secondary N) is 2. The predicted molar refractivity (Wildman–Crippen MR) is 136 cm³/mol. The number of amides is 1. The number of benzene rings is 2. The van der Waals surface area contributed by atoms with Crippen LogP contribution in [0.25, 0.3) is 11.1 Å². The third-order valence-electron chi connectivity index (χ3n) is 6.41. The molecule has 1 aliphatic heterocycles. The molecule has 38 heavy (non-hydrogen) atoms. The number of ether oxygens (including phenoxy) is 1. The number of aryl methyl sites for hydroxylation is 1. The Morgan fingerprint density at radius 1 is 1.11 bits per heavy atom. The smallest absolute Gasteiger partial charge is 0.548 e. The normalized spacial score (nSPS) is 23.8. The molecule has 1 saturated heterocycles. The second-order valence-corrected chi connectivity index (χ2v) is 9.94. The summed E-state index contributed by atoms with van der Waals surface area (Å²) in [7, 11) is 0. The first-order chi connectivity index (χ1) is 17.7. The molecular weight excluding hydrogens is 507 g/mol. The van der Waals surface area contributed by atoms with Crippen molar-refractivity contribution < 1.29 is 58.7 Å². The molecule has 1 aliphatic rings. The van der Waals surface area contributed by atoms with Gasteiger partial charge in [0.25, 0.3) is 5.91 Å². The molecule has 1 heterocycles. The van der Waals surface area contributed by atoms with Crippen molar-refractivity contribution in [3.8, 4) is 11.1 Å². The number of rotatable bonds is 11. The third kappa shape index (κ3) is 7.82. The molecule has 6 atom stereocenters. The van der Waals surface area contributed by atoms with Crippen LogP contribution in [0.4, 0.5) is 0 Å². The van der Waals surface area contributed by atoms with Gasteiger partial charge in [0, 0.05) is 12.1 Å². The minimum absolute atomic E-state index is 0. The molecule has 12 heteroatoms. The van der Waals surface area contributed by atoms with Crippen molar-refractivity contribution in [2.24, 2.45) is 0 Å². The van der Waals surface area contributed by atoms with Gasteiger partial charge in [0.05, 0.1) is 24.7 Å². The summed E-state index contributed by atoms with van der Waals surface area (Å²) in [6.45, 7) is 1.49. The van der Waals surface area contributed by atoms with E-state index in [0.29, 0.717) is 16.9 Å². The van der Waals surface area contributed by atoms with E-state index in [1.54, 1.807) is 18.2 Å². The van der Waals surface area contributed by atoms with Crippen molar-refractivity contribution in [3.05, 3.63) is 59.2 Å². The molecule has 1 fully saturated rings. The number of hydrogen-bond donors (Lipinski definition) is 6. The summed E-state index contributed by atoms with van der Waals surface area (Å²) in [6, 6.07) is 10.3. The number of carboxylic acid groups (broad SMARTS) is 1. The van der Waals surface area contributed by atoms with E-state index in [-0.39, 0.29) is 37.4 Å². The summed E-state index contributed by atoms with van der Waals surface area (Å²) >= 11 is 1.47. The average molecular weight is 541 g/mol. The number of aliphatic hydroxyl groups is 4. The molecule has 2 aromatic rings. The van der Waals surface area contributed by atoms with E-state index in [9.17, 15) is 35.1 Å². The van der Waals surface area contributed by atoms with Crippen LogP contribution in [0.5, 0.6) is 0 Å². The molecule has 0 aliphatic carbocycles. The Kier molecular flexibility index (Phi) is 12.8. The Hall–Kier alpha value is -1.91. The van der Waals surface area contributed by atoms with Crippen LogP contribution in [0.15, 0.2) is 42.5 Å². The maximum Gasteiger partial charge on any atom is 1.00 e. The first kappa shape index (κ1) is 32.3. The Labute approximate surface area is 238 Å². The van der Waals surface area contributed by atoms with Crippen LogP contribution < -0.4 is 34.6 Å². The number of aliphatic carboxylic acids is 1. The number of hydrogen-bond acceptors (Lipinski definition) is 10. The zero-order chi connectivity index (χ0) is 27.1. The van der Waals surface area contributed by atoms with Gasteiger partial charge in [0.15, 0.2) is 6.29 Å². The first-order valence-electron chi connectivity index (χ1n) is 11.9. The molecule has 3 rings (SSSR count). The molecular formula is C26H33LiN2O8S. The van der Waals surface area contributed by atoms with E-state index in [1.807, 2.05) is 37.4 Å². The van der Waals surface area contributed by atoms with Gasteiger partial charge < -0.3 is 45.7 Å². The monoisotopic (exact) mass is 540 g/mol. The van der Waals surface area contributed by atoms with Gasteiger partial charge in [-0.25, -0.2) is 0 Å². The van der Waals surface area contributed by atoms with E-state index < -0.39 is 55.2 Å². The van der Waals surface area contributed by atoms with Gasteiger partial charge >= 0.3 is 18.9 Å². The quantitative estimate of drug-likeness (QED) is 0.155. The molecule has 2 aromatic carbocycles. The summed E-state index contributed by atoms with van der Waals surface area (Å²) in [5.41, 5.74) is 3.26. The molecule has 6 N–H and O–H groups in total. The van der Waals surface area contributed by atoms with Crippen molar-refractivity contribution >= 4 is 23.6 Å². The zero-order valence-electron chi connectivity index (χ0n) is 21.7. The number of carboxylic acids is 1. The number of aliphatic hydroxyl groups excluding tert-OH is 4. The van der Waals surface area contributed by atoms with E-state index in [0.717, 1.165) is 11.1 Å². The Balaban J connectivity index is 0.00000507. The van der Waals surface area contributed by atoms with E-state index in [4.69, 9.17) is 4.74 Å². The van der Waals surface area contributed by atoms with Gasteiger partial charge in [-0.2, -0.15) is 11.8 Å². The van der Waals surface area contributed by atoms with Crippen LogP contribution in [0.1, 0.15) is 27.9 Å². The van der Waals surface area contributed by atoms with E-state index in [1.165, 1.54) is 11.8 Å². The molecule has 0 saturated carbocycles. The van der Waals surface area contributed by atoms with Crippen LogP contribution in [-0.2, 0) is 16.1 Å². The second kappa shape index (κ2) is 15.0. The predicted octanol–water partition coefficient (Wildman–Crippen LogP) is -3.84. The van der Waals surface area contributed by atoms with Crippen molar-refractivity contribution in [3.63, 3.8) is 0 Å². The topological polar surface area (TPSA) is 171 Å². The summed E-state index contributed by atoms with van der Waals surface area (Å²) in [6.07, 6.45) is -3.26. The molecule has 0 radical (unpaired) electrons. The van der Waals surface area contributed by atoms with Gasteiger partial charge in [-0.3, -0.25) is 4.79 Å². The van der Waals surface area contributed by atoms with Gasteiger partial charge in [0.1, 0.15) is 18.3 Å². The van der Waals surface area contributed by atoms with Crippen LogP contribution in [0.3, 0.4) is 0 Å². The molecule has 0 aromatic heterocycles. The molecule has 202 valence electrons. The first-order valence-corrected chi connectivity index (χ1v) is 13.3. The van der Waals surface area contributed by atoms with Crippen molar-refractivity contribution in [1.29, 1.82) is 0 Å². The van der Waals surface area contributed by atoms with Crippen LogP contribution in [0, 0.1) is 6.92 Å². The average Bonchev–Trinajstić information content (AvgIpc) is 2.88. The van der Waals surface area contributed by atoms with Crippen molar-refractivity contribution in [2.45, 2.75) is 56.6 Å². The molecule has 0 bridgehead atoms. The van der Waals surface area contributed by atoms with Gasteiger partial charge in [-0.05, 0) is 59.7 Å². The fourth-order valence-electron chi connectivity index (χ4n) is 4.27. The number of carbonyl (C=O) groups is 2. The number of thioether (sulfide) groups is 1. The van der Waals surface area contributed by atoms with Crippen molar-refractivity contribution in [2.75, 3.05) is 18.6 Å². The zero-order valence-corrected chi connectivity index (χ0v) is 22.5. The van der Waals surface area contributed by atoms with Gasteiger partial charge in [-0.1, -0.05) is 30.3 Å². The molecule has 0 spiro atoms. The van der Waals surface area contributed by atoms with E-state index in [2.05, 4.69) is 10.6 Å². The Bertz CT molecular complexity index is 1090. The third-order valence-corrected chi connectivity index (χ3v) is 7.05. The van der Waals surface area contributed by atoms with Gasteiger partial charge in [-0.15, -0.1) is 0 Å². The summed E-state index contributed by atoms with van der Waals surface area (Å²) in [5.74, 6) is -1.35. The fraction of sp³-hybridized carbons (Fsp3) is 0.462. The molecule has 6 unspecified atom stereocenters. The summed E-state index contributed by atoms with van der Waals surface area (Å²) in [5, 5.41) is 57.1. The standard InChI is InChI=1S/C26H34N2O8S.Li/c1-14-5-3-4-6-16(14)18-11-15(12-27-21-23(31)22(30)20(13-29)36-26(21)35)7-8-17(18)24(32)28-19(25(33)34)9-10-37-2;/h3-8,11,19-23,26-27,29-31,35H,9-10,12-13H2,1-2H3,(H,28,32)(H,33,34);/q;+1/p-1. The van der Waals surface area contributed by atoms with Crippen molar-refractivity contribution in [1.82, 2.24) is 10.6 Å². The molecule has 1 amide bonds. The van der Waals surface area contributed by atoms with Crippen LogP contribution >= 0.6 is 11.8 Å². The maximum absolute atomic E-state index is 13.2. The largest absolute Gasteiger partial charge is 1.00 e. The van der Waals surface area contributed by atoms with E-state index >= 15 is 0 Å². The fourth-order valence-corrected chi connectivity index (χ4v) is 4.74. The molecule has 10 nitrogen and oxygen atoms in total. The summed E-state index contributed by atoms with van der Waals surface area (Å²) < 4.78 is 5.19. The Morgan fingerprint density at radius 2 is 1.82 bits per heavy atom. The SMILES string of the molecule is CSCCC(NC(=O)c1ccc(CNC2C(O)OC(CO)C(O)C2O)cc1-c1ccccc1C)C(=O)[O-].[Li+]. The second-order valence-electron chi connectivity index (χ2n) is 8.96. The number of carbonyl (C=O) groups excluding carboxylic acids is 2. The maximum atomic E-state index is 13.2. The minimum Gasteiger partial charge on any atom is -0.548 e. The van der Waals surface area contributed by atoms with Crippen LogP contribution in [-0.4, -0.2) is 87.6 Å². The Morgan fingerprint density at radius 3 is 2.45 bits per heavy atom. The minimum atomic E-state index is -1.46. The van der Waals surface area contributed by atoms with Gasteiger partial charge in [0.2, 0.25) is 0 Å².